The molecule has 0 spiro atoms. The van der Waals surface area contributed by atoms with Crippen LogP contribution in [-0.2, 0) is 13.1 Å². The van der Waals surface area contributed by atoms with Gasteiger partial charge in [-0.3, -0.25) is 4.90 Å². The lowest BCUT2D eigenvalue weighted by Gasteiger charge is -2.27. The molecule has 0 radical (unpaired) electrons. The van der Waals surface area contributed by atoms with E-state index in [2.05, 4.69) is 28.9 Å². The Bertz CT molecular complexity index is 394. The maximum absolute atomic E-state index is 12.6. The fourth-order valence-electron chi connectivity index (χ4n) is 2.00. The van der Waals surface area contributed by atoms with Gasteiger partial charge >= 0.3 is 0 Å². The Morgan fingerprint density at radius 2 is 2.06 bits per heavy atom. The van der Waals surface area contributed by atoms with E-state index in [1.54, 1.807) is 4.57 Å². The monoisotopic (exact) mass is 276 g/mol. The maximum atomic E-state index is 12.6. The molecule has 0 aromatic carbocycles. The molecular formula is C11H18F2N4S. The van der Waals surface area contributed by atoms with E-state index >= 15 is 0 Å². The van der Waals surface area contributed by atoms with Crippen molar-refractivity contribution < 1.29 is 8.78 Å². The Kier molecular flexibility index (Phi) is 4.55. The fraction of sp³-hybridized carbons (Fsp3) is 0.818. The third kappa shape index (κ3) is 3.20. The molecule has 7 heteroatoms. The number of thioether (sulfide) groups is 1. The summed E-state index contributed by atoms with van der Waals surface area (Å²) in [6, 6.07) is 0. The van der Waals surface area contributed by atoms with Crippen molar-refractivity contribution in [3.05, 3.63) is 11.6 Å². The van der Waals surface area contributed by atoms with E-state index in [1.807, 2.05) is 11.8 Å². The second kappa shape index (κ2) is 5.97. The van der Waals surface area contributed by atoms with Gasteiger partial charge in [-0.05, 0) is 5.25 Å². The number of hydrogen-bond donors (Lipinski definition) is 0. The first-order chi connectivity index (χ1) is 8.58. The summed E-state index contributed by atoms with van der Waals surface area (Å²) in [6.07, 6.45) is -2.53. The quantitative estimate of drug-likeness (QED) is 0.825. The van der Waals surface area contributed by atoms with Gasteiger partial charge in [0.25, 0.3) is 6.43 Å². The normalized spacial score (nSPS) is 16.6. The average Bonchev–Trinajstić information content (AvgIpc) is 2.71. The summed E-state index contributed by atoms with van der Waals surface area (Å²) in [4.78, 5) is 2.24. The van der Waals surface area contributed by atoms with Crippen LogP contribution in [0.1, 0.15) is 31.9 Å². The molecular weight excluding hydrogens is 258 g/mol. The molecule has 0 atom stereocenters. The van der Waals surface area contributed by atoms with Gasteiger partial charge in [0, 0.05) is 25.4 Å². The molecule has 0 aliphatic carbocycles. The summed E-state index contributed by atoms with van der Waals surface area (Å²) in [5, 5.41) is 8.06. The van der Waals surface area contributed by atoms with E-state index in [0.29, 0.717) is 24.2 Å². The van der Waals surface area contributed by atoms with E-state index in [9.17, 15) is 8.78 Å². The van der Waals surface area contributed by atoms with Crippen molar-refractivity contribution in [1.82, 2.24) is 19.7 Å². The summed E-state index contributed by atoms with van der Waals surface area (Å²) in [7, 11) is 0. The minimum atomic E-state index is -2.53. The molecule has 0 bridgehead atoms. The van der Waals surface area contributed by atoms with E-state index < -0.39 is 6.43 Å². The van der Waals surface area contributed by atoms with Crippen molar-refractivity contribution in [3.8, 4) is 0 Å². The topological polar surface area (TPSA) is 34.0 Å². The number of aromatic nitrogens is 3. The lowest BCUT2D eigenvalue weighted by Crippen LogP contribution is -2.36. The van der Waals surface area contributed by atoms with Crippen LogP contribution in [0, 0.1) is 0 Å². The molecule has 1 aliphatic heterocycles. The summed E-state index contributed by atoms with van der Waals surface area (Å²) in [5.74, 6) is 1.53. The lowest BCUT2D eigenvalue weighted by molar-refractivity contribution is 0.129. The molecule has 1 aromatic rings. The second-order valence-corrected chi connectivity index (χ2v) is 6.31. The van der Waals surface area contributed by atoms with Crippen LogP contribution < -0.4 is 0 Å². The van der Waals surface area contributed by atoms with Crippen LogP contribution >= 0.6 is 11.8 Å². The molecule has 1 aliphatic rings. The highest BCUT2D eigenvalue weighted by Gasteiger charge is 2.24. The van der Waals surface area contributed by atoms with Crippen molar-refractivity contribution in [2.75, 3.05) is 18.8 Å². The van der Waals surface area contributed by atoms with Crippen LogP contribution in [0.3, 0.4) is 0 Å². The Morgan fingerprint density at radius 3 is 2.72 bits per heavy atom. The van der Waals surface area contributed by atoms with Gasteiger partial charge in [0.05, 0.1) is 6.54 Å². The van der Waals surface area contributed by atoms with Gasteiger partial charge in [-0.1, -0.05) is 13.8 Å². The van der Waals surface area contributed by atoms with Gasteiger partial charge in [0.1, 0.15) is 5.82 Å². The average molecular weight is 276 g/mol. The van der Waals surface area contributed by atoms with Crippen molar-refractivity contribution in [2.45, 2.75) is 38.6 Å². The summed E-state index contributed by atoms with van der Waals surface area (Å²) < 4.78 is 26.8. The van der Waals surface area contributed by atoms with Crippen LogP contribution in [0.15, 0.2) is 0 Å². The predicted octanol–water partition coefficient (Wildman–Crippen LogP) is 2.17. The zero-order valence-corrected chi connectivity index (χ0v) is 11.5. The van der Waals surface area contributed by atoms with E-state index in [-0.39, 0.29) is 5.82 Å². The van der Waals surface area contributed by atoms with Crippen LogP contribution in [-0.4, -0.2) is 43.8 Å². The summed E-state index contributed by atoms with van der Waals surface area (Å²) in [6.45, 7) is 7.30. The van der Waals surface area contributed by atoms with Crippen molar-refractivity contribution in [3.63, 3.8) is 0 Å². The molecule has 18 heavy (non-hydrogen) atoms. The molecule has 0 N–H and O–H groups in total. The highest BCUT2D eigenvalue weighted by Crippen LogP contribution is 2.21. The first-order valence-electron chi connectivity index (χ1n) is 6.12. The highest BCUT2D eigenvalue weighted by atomic mass is 32.2. The van der Waals surface area contributed by atoms with Gasteiger partial charge in [-0.25, -0.2) is 8.78 Å². The van der Waals surface area contributed by atoms with Crippen molar-refractivity contribution in [1.29, 1.82) is 0 Å². The SMILES string of the molecule is CC(C)SCCN1CCn2c(nnc2C(F)F)C1. The zero-order chi connectivity index (χ0) is 13.1. The van der Waals surface area contributed by atoms with Gasteiger partial charge in [-0.15, -0.1) is 10.2 Å². The Balaban J connectivity index is 1.90. The number of alkyl halides is 2. The molecule has 2 heterocycles. The maximum Gasteiger partial charge on any atom is 0.297 e. The second-order valence-electron chi connectivity index (χ2n) is 4.62. The first kappa shape index (κ1) is 13.7. The molecule has 1 aromatic heterocycles. The number of halogens is 2. The van der Waals surface area contributed by atoms with Gasteiger partial charge in [0.2, 0.25) is 0 Å². The Labute approximate surface area is 110 Å². The van der Waals surface area contributed by atoms with Crippen LogP contribution in [0.5, 0.6) is 0 Å². The molecule has 2 rings (SSSR count). The van der Waals surface area contributed by atoms with Crippen LogP contribution in [0.25, 0.3) is 0 Å². The largest absolute Gasteiger partial charge is 0.308 e. The Morgan fingerprint density at radius 1 is 1.28 bits per heavy atom. The third-order valence-electron chi connectivity index (χ3n) is 2.91. The number of fused-ring (bicyclic) bond motifs is 1. The first-order valence-corrected chi connectivity index (χ1v) is 7.17. The molecule has 0 unspecified atom stereocenters. The van der Waals surface area contributed by atoms with E-state index in [1.165, 1.54) is 0 Å². The molecule has 4 nitrogen and oxygen atoms in total. The highest BCUT2D eigenvalue weighted by molar-refractivity contribution is 7.99. The standard InChI is InChI=1S/C11H18F2N4S/c1-8(2)18-6-5-16-3-4-17-9(7-16)14-15-11(17)10(12)13/h8,10H,3-7H2,1-2H3. The molecule has 0 amide bonds. The van der Waals surface area contributed by atoms with Crippen LogP contribution in [0.2, 0.25) is 0 Å². The molecule has 0 saturated carbocycles. The zero-order valence-electron chi connectivity index (χ0n) is 10.6. The minimum Gasteiger partial charge on any atom is -0.308 e. The number of rotatable bonds is 5. The van der Waals surface area contributed by atoms with Gasteiger partial charge in [0.15, 0.2) is 5.82 Å². The van der Waals surface area contributed by atoms with Crippen molar-refractivity contribution >= 4 is 11.8 Å². The minimum absolute atomic E-state index is 0.193. The Hall–Kier alpha value is -0.690. The van der Waals surface area contributed by atoms with E-state index in [4.69, 9.17) is 0 Å². The molecule has 0 fully saturated rings. The molecule has 0 saturated heterocycles. The van der Waals surface area contributed by atoms with Gasteiger partial charge < -0.3 is 4.57 Å². The predicted molar refractivity (Wildman–Crippen MR) is 67.9 cm³/mol. The molecule has 102 valence electrons. The fourth-order valence-corrected chi connectivity index (χ4v) is 2.84. The number of hydrogen-bond acceptors (Lipinski definition) is 4. The van der Waals surface area contributed by atoms with Crippen LogP contribution in [0.4, 0.5) is 8.78 Å². The van der Waals surface area contributed by atoms with Crippen molar-refractivity contribution in [2.24, 2.45) is 0 Å². The van der Waals surface area contributed by atoms with Gasteiger partial charge in [-0.2, -0.15) is 11.8 Å². The third-order valence-corrected chi connectivity index (χ3v) is 4.00. The summed E-state index contributed by atoms with van der Waals surface area (Å²) >= 11 is 1.91. The summed E-state index contributed by atoms with van der Waals surface area (Å²) in [5.41, 5.74) is 0. The van der Waals surface area contributed by atoms with E-state index in [0.717, 1.165) is 18.8 Å². The lowest BCUT2D eigenvalue weighted by atomic mass is 10.3. The smallest absolute Gasteiger partial charge is 0.297 e. The number of nitrogens with zero attached hydrogens (tertiary/aromatic N) is 4.